The Kier molecular flexibility index (Phi) is 5.06. The van der Waals surface area contributed by atoms with Gasteiger partial charge < -0.3 is 5.32 Å². The van der Waals surface area contributed by atoms with E-state index in [0.29, 0.717) is 22.5 Å². The predicted molar refractivity (Wildman–Crippen MR) is 77.4 cm³/mol. The van der Waals surface area contributed by atoms with E-state index in [0.717, 1.165) is 24.3 Å². The summed E-state index contributed by atoms with van der Waals surface area (Å²) < 4.78 is 13.5. The van der Waals surface area contributed by atoms with E-state index >= 15 is 0 Å². The van der Waals surface area contributed by atoms with Crippen molar-refractivity contribution in [3.05, 3.63) is 28.5 Å². The van der Waals surface area contributed by atoms with Crippen LogP contribution in [0.4, 0.5) is 10.1 Å². The van der Waals surface area contributed by atoms with E-state index in [4.69, 9.17) is 0 Å². The smallest absolute Gasteiger partial charge is 0.224 e. The maximum Gasteiger partial charge on any atom is 0.224 e. The first-order valence-corrected chi connectivity index (χ1v) is 7.92. The molecule has 0 atom stereocenters. The molecular weight excluding hydrogens is 317 g/mol. The molecule has 1 amide bonds. The minimum atomic E-state index is -0.316. The molecule has 1 heterocycles. The van der Waals surface area contributed by atoms with E-state index in [-0.39, 0.29) is 11.7 Å². The molecule has 0 aliphatic carbocycles. The molecule has 18 heavy (non-hydrogen) atoms. The van der Waals surface area contributed by atoms with Crippen molar-refractivity contribution in [2.75, 3.05) is 16.8 Å². The second kappa shape index (κ2) is 6.57. The number of hydrogen-bond donors (Lipinski definition) is 1. The Bertz CT molecular complexity index is 435. The number of carbonyl (C=O) groups excluding carboxylic acids is 1. The minimum Gasteiger partial charge on any atom is -0.325 e. The van der Waals surface area contributed by atoms with E-state index in [1.54, 1.807) is 6.07 Å². The first-order chi connectivity index (χ1) is 8.65. The topological polar surface area (TPSA) is 29.1 Å². The fraction of sp³-hybridized carbons (Fsp3) is 0.462. The van der Waals surface area contributed by atoms with Gasteiger partial charge in [-0.25, -0.2) is 4.39 Å². The van der Waals surface area contributed by atoms with E-state index in [1.165, 1.54) is 12.1 Å². The number of thioether (sulfide) groups is 1. The minimum absolute atomic E-state index is 0.0132. The molecule has 1 aromatic rings. The highest BCUT2D eigenvalue weighted by molar-refractivity contribution is 9.10. The SMILES string of the molecule is O=C(CC1CCSCC1)Nc1ccc(F)cc1Br. The largest absolute Gasteiger partial charge is 0.325 e. The van der Waals surface area contributed by atoms with Gasteiger partial charge in [-0.05, 0) is 64.4 Å². The molecule has 0 radical (unpaired) electrons. The molecule has 1 aromatic carbocycles. The zero-order valence-corrected chi connectivity index (χ0v) is 12.3. The van der Waals surface area contributed by atoms with Crippen LogP contribution in [0.5, 0.6) is 0 Å². The second-order valence-electron chi connectivity index (χ2n) is 4.43. The Morgan fingerprint density at radius 1 is 1.44 bits per heavy atom. The second-order valence-corrected chi connectivity index (χ2v) is 6.51. The van der Waals surface area contributed by atoms with Gasteiger partial charge in [0.1, 0.15) is 5.82 Å². The molecule has 1 fully saturated rings. The first kappa shape index (κ1) is 13.9. The van der Waals surface area contributed by atoms with E-state index in [1.807, 2.05) is 11.8 Å². The molecule has 2 nitrogen and oxygen atoms in total. The molecule has 2 rings (SSSR count). The number of halogens is 2. The number of rotatable bonds is 3. The average molecular weight is 332 g/mol. The normalized spacial score (nSPS) is 16.6. The van der Waals surface area contributed by atoms with Gasteiger partial charge in [-0.2, -0.15) is 11.8 Å². The van der Waals surface area contributed by atoms with Crippen molar-refractivity contribution in [1.82, 2.24) is 0 Å². The maximum absolute atomic E-state index is 12.9. The summed E-state index contributed by atoms with van der Waals surface area (Å²) in [7, 11) is 0. The summed E-state index contributed by atoms with van der Waals surface area (Å²) in [4.78, 5) is 11.9. The Balaban J connectivity index is 1.90. The Morgan fingerprint density at radius 2 is 2.17 bits per heavy atom. The van der Waals surface area contributed by atoms with Gasteiger partial charge in [-0.15, -0.1) is 0 Å². The van der Waals surface area contributed by atoms with Crippen LogP contribution in [0.15, 0.2) is 22.7 Å². The molecule has 1 saturated heterocycles. The number of amides is 1. The van der Waals surface area contributed by atoms with Crippen LogP contribution in [-0.4, -0.2) is 17.4 Å². The van der Waals surface area contributed by atoms with Crippen LogP contribution in [0.2, 0.25) is 0 Å². The van der Waals surface area contributed by atoms with Crippen molar-refractivity contribution in [3.8, 4) is 0 Å². The summed E-state index contributed by atoms with van der Waals surface area (Å²) in [5.41, 5.74) is 0.631. The number of nitrogens with one attached hydrogen (secondary N) is 1. The van der Waals surface area contributed by atoms with Crippen molar-refractivity contribution in [2.45, 2.75) is 19.3 Å². The molecule has 0 saturated carbocycles. The molecular formula is C13H15BrFNOS. The summed E-state index contributed by atoms with van der Waals surface area (Å²) in [6, 6.07) is 4.28. The van der Waals surface area contributed by atoms with Crippen molar-refractivity contribution >= 4 is 39.3 Å². The summed E-state index contributed by atoms with van der Waals surface area (Å²) in [6.07, 6.45) is 2.79. The Hall–Kier alpha value is -0.550. The Labute approximate surface area is 119 Å². The van der Waals surface area contributed by atoms with Crippen molar-refractivity contribution in [1.29, 1.82) is 0 Å². The van der Waals surface area contributed by atoms with Gasteiger partial charge >= 0.3 is 0 Å². The van der Waals surface area contributed by atoms with Gasteiger partial charge in [0.15, 0.2) is 0 Å². The number of anilines is 1. The van der Waals surface area contributed by atoms with Crippen molar-refractivity contribution < 1.29 is 9.18 Å². The highest BCUT2D eigenvalue weighted by atomic mass is 79.9. The Morgan fingerprint density at radius 3 is 2.83 bits per heavy atom. The lowest BCUT2D eigenvalue weighted by Crippen LogP contribution is -2.19. The summed E-state index contributed by atoms with van der Waals surface area (Å²) in [5.74, 6) is 2.49. The van der Waals surface area contributed by atoms with Gasteiger partial charge in [0.05, 0.1) is 5.69 Å². The molecule has 98 valence electrons. The number of carbonyl (C=O) groups is 1. The quantitative estimate of drug-likeness (QED) is 0.904. The van der Waals surface area contributed by atoms with Crippen LogP contribution in [0.3, 0.4) is 0 Å². The lowest BCUT2D eigenvalue weighted by Gasteiger charge is -2.20. The monoisotopic (exact) mass is 331 g/mol. The molecule has 1 aliphatic heterocycles. The van der Waals surface area contributed by atoms with Crippen molar-refractivity contribution in [2.24, 2.45) is 5.92 Å². The molecule has 0 aromatic heterocycles. The van der Waals surface area contributed by atoms with Crippen molar-refractivity contribution in [3.63, 3.8) is 0 Å². The van der Waals surface area contributed by atoms with E-state index in [9.17, 15) is 9.18 Å². The van der Waals surface area contributed by atoms with Gasteiger partial charge in [0.25, 0.3) is 0 Å². The lowest BCUT2D eigenvalue weighted by molar-refractivity contribution is -0.117. The zero-order chi connectivity index (χ0) is 13.0. The summed E-state index contributed by atoms with van der Waals surface area (Å²) in [5, 5.41) is 2.83. The average Bonchev–Trinajstić information content (AvgIpc) is 2.34. The highest BCUT2D eigenvalue weighted by Crippen LogP contribution is 2.27. The van der Waals surface area contributed by atoms with Crippen LogP contribution < -0.4 is 5.32 Å². The highest BCUT2D eigenvalue weighted by Gasteiger charge is 2.17. The van der Waals surface area contributed by atoms with Crippen LogP contribution in [-0.2, 0) is 4.79 Å². The van der Waals surface area contributed by atoms with Gasteiger partial charge in [0.2, 0.25) is 5.91 Å². The fourth-order valence-electron chi connectivity index (χ4n) is 2.00. The fourth-order valence-corrected chi connectivity index (χ4v) is 3.66. The molecule has 1 N–H and O–H groups in total. The molecule has 0 spiro atoms. The van der Waals surface area contributed by atoms with E-state index in [2.05, 4.69) is 21.2 Å². The molecule has 0 bridgehead atoms. The summed E-state index contributed by atoms with van der Waals surface area (Å²) >= 11 is 5.20. The number of hydrogen-bond acceptors (Lipinski definition) is 2. The predicted octanol–water partition coefficient (Wildman–Crippen LogP) is 4.06. The first-order valence-electron chi connectivity index (χ1n) is 5.98. The summed E-state index contributed by atoms with van der Waals surface area (Å²) in [6.45, 7) is 0. The third-order valence-corrected chi connectivity index (χ3v) is 4.73. The molecule has 5 heteroatoms. The standard InChI is InChI=1S/C13H15BrFNOS/c14-11-8-10(15)1-2-12(11)16-13(17)7-9-3-5-18-6-4-9/h1-2,8-9H,3-7H2,(H,16,17). The third kappa shape index (κ3) is 3.99. The maximum atomic E-state index is 12.9. The number of benzene rings is 1. The van der Waals surface area contributed by atoms with Gasteiger partial charge in [-0.3, -0.25) is 4.79 Å². The van der Waals surface area contributed by atoms with Crippen LogP contribution >= 0.6 is 27.7 Å². The van der Waals surface area contributed by atoms with Crippen LogP contribution in [0, 0.1) is 11.7 Å². The van der Waals surface area contributed by atoms with Crippen LogP contribution in [0.25, 0.3) is 0 Å². The van der Waals surface area contributed by atoms with Gasteiger partial charge in [-0.1, -0.05) is 0 Å². The lowest BCUT2D eigenvalue weighted by atomic mass is 9.98. The molecule has 0 unspecified atom stereocenters. The van der Waals surface area contributed by atoms with Crippen LogP contribution in [0.1, 0.15) is 19.3 Å². The third-order valence-electron chi connectivity index (χ3n) is 3.02. The van der Waals surface area contributed by atoms with Gasteiger partial charge in [0, 0.05) is 10.9 Å². The molecule has 1 aliphatic rings. The zero-order valence-electron chi connectivity index (χ0n) is 9.92. The van der Waals surface area contributed by atoms with E-state index < -0.39 is 0 Å².